The fourth-order valence-electron chi connectivity index (χ4n) is 3.49. The predicted molar refractivity (Wildman–Crippen MR) is 112 cm³/mol. The Kier molecular flexibility index (Phi) is 5.10. The van der Waals surface area contributed by atoms with Crippen LogP contribution < -0.4 is 15.0 Å². The van der Waals surface area contributed by atoms with Crippen LogP contribution in [0.2, 0.25) is 0 Å². The highest BCUT2D eigenvalue weighted by molar-refractivity contribution is 6.07. The third-order valence-electron chi connectivity index (χ3n) is 5.13. The van der Waals surface area contributed by atoms with Crippen LogP contribution in [0.25, 0.3) is 10.8 Å². The first kappa shape index (κ1) is 19.4. The van der Waals surface area contributed by atoms with E-state index >= 15 is 0 Å². The number of benzene rings is 3. The fraction of sp³-hybridized carbons (Fsp3) is 0.174. The zero-order chi connectivity index (χ0) is 21.3. The SMILES string of the molecule is CC(C(=O)O)N1C(=O)C(NC(=O)c2ccc3ccccc3c2)COc2ccccc21. The topological polar surface area (TPSA) is 95.9 Å². The Morgan fingerprint density at radius 3 is 2.53 bits per heavy atom. The quantitative estimate of drug-likeness (QED) is 0.697. The van der Waals surface area contributed by atoms with Crippen molar-refractivity contribution in [3.63, 3.8) is 0 Å². The van der Waals surface area contributed by atoms with E-state index in [4.69, 9.17) is 4.74 Å². The number of carbonyl (C=O) groups is 3. The van der Waals surface area contributed by atoms with Gasteiger partial charge in [0.05, 0.1) is 5.69 Å². The number of hydrogen-bond acceptors (Lipinski definition) is 4. The lowest BCUT2D eigenvalue weighted by atomic mass is 10.1. The van der Waals surface area contributed by atoms with Crippen LogP contribution in [-0.4, -0.2) is 41.6 Å². The Morgan fingerprint density at radius 2 is 1.77 bits per heavy atom. The number of hydrogen-bond donors (Lipinski definition) is 2. The van der Waals surface area contributed by atoms with Gasteiger partial charge in [0.2, 0.25) is 0 Å². The van der Waals surface area contributed by atoms with E-state index in [2.05, 4.69) is 5.32 Å². The van der Waals surface area contributed by atoms with Crippen molar-refractivity contribution in [2.45, 2.75) is 19.0 Å². The molecule has 0 radical (unpaired) electrons. The molecule has 3 aromatic rings. The largest absolute Gasteiger partial charge is 0.489 e. The van der Waals surface area contributed by atoms with E-state index in [0.717, 1.165) is 15.7 Å². The summed E-state index contributed by atoms with van der Waals surface area (Å²) in [5.41, 5.74) is 0.765. The molecule has 1 aliphatic rings. The second-order valence-electron chi connectivity index (χ2n) is 7.09. The summed E-state index contributed by atoms with van der Waals surface area (Å²) in [5.74, 6) is -1.73. The summed E-state index contributed by atoms with van der Waals surface area (Å²) < 4.78 is 5.73. The highest BCUT2D eigenvalue weighted by Crippen LogP contribution is 2.32. The van der Waals surface area contributed by atoms with Gasteiger partial charge in [-0.05, 0) is 42.0 Å². The molecule has 7 heteroatoms. The van der Waals surface area contributed by atoms with Crippen molar-refractivity contribution in [1.82, 2.24) is 5.32 Å². The Labute approximate surface area is 172 Å². The number of carboxylic acids is 1. The third kappa shape index (κ3) is 3.57. The maximum absolute atomic E-state index is 13.2. The maximum Gasteiger partial charge on any atom is 0.326 e. The molecule has 0 fully saturated rings. The summed E-state index contributed by atoms with van der Waals surface area (Å²) in [7, 11) is 0. The van der Waals surface area contributed by atoms with Crippen LogP contribution in [0.15, 0.2) is 66.7 Å². The molecule has 2 atom stereocenters. The Balaban J connectivity index is 1.63. The van der Waals surface area contributed by atoms with Crippen molar-refractivity contribution < 1.29 is 24.2 Å². The van der Waals surface area contributed by atoms with Gasteiger partial charge < -0.3 is 15.2 Å². The number of ether oxygens (including phenoxy) is 1. The molecule has 1 aliphatic heterocycles. The monoisotopic (exact) mass is 404 g/mol. The van der Waals surface area contributed by atoms with Crippen LogP contribution in [-0.2, 0) is 9.59 Å². The Hall–Kier alpha value is -3.87. The molecule has 2 amide bonds. The summed E-state index contributed by atoms with van der Waals surface area (Å²) >= 11 is 0. The average molecular weight is 404 g/mol. The molecule has 2 N–H and O–H groups in total. The van der Waals surface area contributed by atoms with Gasteiger partial charge in [-0.2, -0.15) is 0 Å². The zero-order valence-corrected chi connectivity index (χ0v) is 16.2. The molecular weight excluding hydrogens is 384 g/mol. The number of amides is 2. The molecule has 0 saturated heterocycles. The number of carboxylic acid groups (broad SMARTS) is 1. The smallest absolute Gasteiger partial charge is 0.326 e. The molecule has 0 spiro atoms. The van der Waals surface area contributed by atoms with Crippen molar-refractivity contribution in [3.05, 3.63) is 72.3 Å². The molecule has 7 nitrogen and oxygen atoms in total. The molecule has 30 heavy (non-hydrogen) atoms. The van der Waals surface area contributed by atoms with Gasteiger partial charge in [-0.1, -0.05) is 42.5 Å². The lowest BCUT2D eigenvalue weighted by Gasteiger charge is -2.28. The second-order valence-corrected chi connectivity index (χ2v) is 7.09. The molecule has 0 aromatic heterocycles. The van der Waals surface area contributed by atoms with Crippen LogP contribution in [0.4, 0.5) is 5.69 Å². The number of rotatable bonds is 4. The second kappa shape index (κ2) is 7.87. The predicted octanol–water partition coefficient (Wildman–Crippen LogP) is 2.84. The summed E-state index contributed by atoms with van der Waals surface area (Å²) in [6, 6.07) is 17.5. The Bertz CT molecular complexity index is 1140. The number of nitrogens with one attached hydrogen (secondary N) is 1. The first-order chi connectivity index (χ1) is 14.5. The van der Waals surface area contributed by atoms with Crippen molar-refractivity contribution in [2.75, 3.05) is 11.5 Å². The van der Waals surface area contributed by atoms with Gasteiger partial charge in [-0.25, -0.2) is 4.79 Å². The van der Waals surface area contributed by atoms with Crippen LogP contribution in [0.1, 0.15) is 17.3 Å². The molecular formula is C23H20N2O5. The van der Waals surface area contributed by atoms with Gasteiger partial charge in [0.1, 0.15) is 24.4 Å². The van der Waals surface area contributed by atoms with Crippen molar-refractivity contribution in [3.8, 4) is 5.75 Å². The van der Waals surface area contributed by atoms with E-state index in [1.807, 2.05) is 30.3 Å². The van der Waals surface area contributed by atoms with Crippen molar-refractivity contribution >= 4 is 34.2 Å². The minimum Gasteiger partial charge on any atom is -0.489 e. The maximum atomic E-state index is 13.2. The highest BCUT2D eigenvalue weighted by Gasteiger charge is 2.37. The van der Waals surface area contributed by atoms with E-state index in [1.165, 1.54) is 6.92 Å². The normalized spacial score (nSPS) is 16.9. The van der Waals surface area contributed by atoms with Crippen molar-refractivity contribution in [2.24, 2.45) is 0 Å². The van der Waals surface area contributed by atoms with Gasteiger partial charge >= 0.3 is 5.97 Å². The standard InChI is InChI=1S/C23H20N2O5/c1-14(23(28)29)25-19-8-4-5-9-20(19)30-13-18(22(25)27)24-21(26)17-11-10-15-6-2-3-7-16(15)12-17/h2-12,14,18H,13H2,1H3,(H,24,26)(H,28,29). The summed E-state index contributed by atoms with van der Waals surface area (Å²) in [6.07, 6.45) is 0. The van der Waals surface area contributed by atoms with E-state index in [9.17, 15) is 19.5 Å². The summed E-state index contributed by atoms with van der Waals surface area (Å²) in [6.45, 7) is 1.32. The number of aliphatic carboxylic acids is 1. The molecule has 2 unspecified atom stereocenters. The molecule has 4 rings (SSSR count). The minimum atomic E-state index is -1.15. The van der Waals surface area contributed by atoms with Crippen LogP contribution in [0, 0.1) is 0 Å². The van der Waals surface area contributed by atoms with E-state index in [0.29, 0.717) is 17.0 Å². The van der Waals surface area contributed by atoms with Gasteiger partial charge in [-0.15, -0.1) is 0 Å². The van der Waals surface area contributed by atoms with Crippen LogP contribution in [0.5, 0.6) is 5.75 Å². The number of fused-ring (bicyclic) bond motifs is 2. The van der Waals surface area contributed by atoms with Crippen LogP contribution >= 0.6 is 0 Å². The highest BCUT2D eigenvalue weighted by atomic mass is 16.5. The van der Waals surface area contributed by atoms with Crippen molar-refractivity contribution in [1.29, 1.82) is 0 Å². The molecule has 3 aromatic carbocycles. The van der Waals surface area contributed by atoms with Gasteiger partial charge in [0.25, 0.3) is 11.8 Å². The first-order valence-electron chi connectivity index (χ1n) is 9.53. The molecule has 0 bridgehead atoms. The summed E-state index contributed by atoms with van der Waals surface area (Å²) in [4.78, 5) is 38.8. The fourth-order valence-corrected chi connectivity index (χ4v) is 3.49. The van der Waals surface area contributed by atoms with Gasteiger partial charge in [0, 0.05) is 5.56 Å². The molecule has 152 valence electrons. The number of carbonyl (C=O) groups excluding carboxylic acids is 2. The van der Waals surface area contributed by atoms with Gasteiger partial charge in [-0.3, -0.25) is 14.5 Å². The lowest BCUT2D eigenvalue weighted by Crippen LogP contribution is -2.54. The Morgan fingerprint density at radius 1 is 1.07 bits per heavy atom. The lowest BCUT2D eigenvalue weighted by molar-refractivity contribution is -0.139. The number of nitrogens with zero attached hydrogens (tertiary/aromatic N) is 1. The third-order valence-corrected chi connectivity index (χ3v) is 5.13. The van der Waals surface area contributed by atoms with E-state index < -0.39 is 29.9 Å². The summed E-state index contributed by atoms with van der Waals surface area (Å²) in [5, 5.41) is 14.1. The molecule has 0 aliphatic carbocycles. The molecule has 1 heterocycles. The van der Waals surface area contributed by atoms with E-state index in [-0.39, 0.29) is 6.61 Å². The first-order valence-corrected chi connectivity index (χ1v) is 9.53. The molecule has 0 saturated carbocycles. The minimum absolute atomic E-state index is 0.0992. The van der Waals surface area contributed by atoms with Crippen LogP contribution in [0.3, 0.4) is 0 Å². The van der Waals surface area contributed by atoms with E-state index in [1.54, 1.807) is 36.4 Å². The zero-order valence-electron chi connectivity index (χ0n) is 16.2. The average Bonchev–Trinajstić information content (AvgIpc) is 2.89. The van der Waals surface area contributed by atoms with Gasteiger partial charge in [0.15, 0.2) is 0 Å². The number of para-hydroxylation sites is 2. The number of anilines is 1.